The number of rotatable bonds is 6. The molecule has 0 unspecified atom stereocenters. The predicted molar refractivity (Wildman–Crippen MR) is 60.6 cm³/mol. The van der Waals surface area contributed by atoms with Gasteiger partial charge in [0.2, 0.25) is 10.0 Å². The molecular formula is C10H17NO2S. The summed E-state index contributed by atoms with van der Waals surface area (Å²) in [5, 5.41) is 0. The molecule has 0 radical (unpaired) electrons. The Morgan fingerprint density at radius 3 is 2.36 bits per heavy atom. The van der Waals surface area contributed by atoms with Gasteiger partial charge >= 0.3 is 0 Å². The van der Waals surface area contributed by atoms with Crippen molar-refractivity contribution in [2.75, 3.05) is 19.3 Å². The molecule has 0 fully saturated rings. The Balaban J connectivity index is 4.73. The molecule has 0 aromatic heterocycles. The van der Waals surface area contributed by atoms with Crippen molar-refractivity contribution in [3.63, 3.8) is 0 Å². The summed E-state index contributed by atoms with van der Waals surface area (Å²) in [7, 11) is -1.64. The van der Waals surface area contributed by atoms with Crippen molar-refractivity contribution in [3.8, 4) is 0 Å². The molecule has 0 aliphatic rings. The lowest BCUT2D eigenvalue weighted by atomic mass is 10.3. The second-order valence-corrected chi connectivity index (χ2v) is 4.93. The van der Waals surface area contributed by atoms with Crippen LogP contribution in [0.5, 0.6) is 0 Å². The minimum atomic E-state index is -3.20. The van der Waals surface area contributed by atoms with E-state index >= 15 is 0 Å². The fourth-order valence-electron chi connectivity index (χ4n) is 0.844. The first-order valence-corrected chi connectivity index (χ1v) is 5.97. The largest absolute Gasteiger partial charge is 0.218 e. The quantitative estimate of drug-likeness (QED) is 0.631. The average molecular weight is 215 g/mol. The van der Waals surface area contributed by atoms with Gasteiger partial charge in [0.1, 0.15) is 0 Å². The summed E-state index contributed by atoms with van der Waals surface area (Å²) in [4.78, 5) is 0. The molecule has 0 saturated carbocycles. The SMILES string of the molecule is C=C/C=C(\C=C)CS(=O)(=O)N(C)CC. The molecule has 0 N–H and O–H groups in total. The van der Waals surface area contributed by atoms with Crippen molar-refractivity contribution in [2.24, 2.45) is 0 Å². The summed E-state index contributed by atoms with van der Waals surface area (Å²) in [5.41, 5.74) is 0.653. The van der Waals surface area contributed by atoms with Crippen LogP contribution in [0.15, 0.2) is 37.0 Å². The monoisotopic (exact) mass is 215 g/mol. The Morgan fingerprint density at radius 2 is 2.00 bits per heavy atom. The molecule has 0 spiro atoms. The zero-order valence-electron chi connectivity index (χ0n) is 8.73. The van der Waals surface area contributed by atoms with Crippen molar-refractivity contribution in [1.29, 1.82) is 0 Å². The summed E-state index contributed by atoms with van der Waals surface area (Å²) in [6.07, 6.45) is 4.73. The van der Waals surface area contributed by atoms with E-state index < -0.39 is 10.0 Å². The van der Waals surface area contributed by atoms with Gasteiger partial charge in [-0.25, -0.2) is 12.7 Å². The molecule has 3 nitrogen and oxygen atoms in total. The van der Waals surface area contributed by atoms with Crippen molar-refractivity contribution in [2.45, 2.75) is 6.92 Å². The maximum Gasteiger partial charge on any atom is 0.218 e. The molecule has 0 aliphatic carbocycles. The average Bonchev–Trinajstić information content (AvgIpc) is 2.15. The van der Waals surface area contributed by atoms with Gasteiger partial charge in [-0.15, -0.1) is 0 Å². The maximum atomic E-state index is 11.6. The van der Waals surface area contributed by atoms with Crippen molar-refractivity contribution < 1.29 is 8.42 Å². The maximum absolute atomic E-state index is 11.6. The Labute approximate surface area is 86.5 Å². The Bertz CT molecular complexity index is 328. The van der Waals surface area contributed by atoms with Gasteiger partial charge in [0.25, 0.3) is 0 Å². The molecular weight excluding hydrogens is 198 g/mol. The van der Waals surface area contributed by atoms with Gasteiger partial charge in [-0.3, -0.25) is 0 Å². The van der Waals surface area contributed by atoms with E-state index in [1.165, 1.54) is 10.4 Å². The van der Waals surface area contributed by atoms with Gasteiger partial charge in [-0.05, 0) is 5.57 Å². The Morgan fingerprint density at radius 1 is 1.43 bits per heavy atom. The number of hydrogen-bond acceptors (Lipinski definition) is 2. The molecule has 80 valence electrons. The third-order valence-electron chi connectivity index (χ3n) is 1.86. The molecule has 0 rings (SSSR count). The van der Waals surface area contributed by atoms with E-state index in [4.69, 9.17) is 0 Å². The standard InChI is InChI=1S/C10H17NO2S/c1-5-8-10(6-2)9-14(12,13)11(4)7-3/h5-6,8H,1-2,7,9H2,3-4H3/b10-8+. The highest BCUT2D eigenvalue weighted by Crippen LogP contribution is 2.06. The van der Waals surface area contributed by atoms with Crippen LogP contribution in [0, 0.1) is 0 Å². The highest BCUT2D eigenvalue weighted by atomic mass is 32.2. The molecule has 0 aliphatic heterocycles. The van der Waals surface area contributed by atoms with E-state index in [-0.39, 0.29) is 5.75 Å². The summed E-state index contributed by atoms with van der Waals surface area (Å²) in [5.74, 6) is -0.0210. The second kappa shape index (κ2) is 5.78. The Kier molecular flexibility index (Phi) is 5.42. The first-order chi connectivity index (χ1) is 6.47. The lowest BCUT2D eigenvalue weighted by Crippen LogP contribution is -2.29. The first-order valence-electron chi connectivity index (χ1n) is 4.36. The van der Waals surface area contributed by atoms with Crippen LogP contribution >= 0.6 is 0 Å². The van der Waals surface area contributed by atoms with Crippen LogP contribution < -0.4 is 0 Å². The van der Waals surface area contributed by atoms with Gasteiger partial charge in [-0.2, -0.15) is 0 Å². The second-order valence-electron chi connectivity index (χ2n) is 2.85. The van der Waals surface area contributed by atoms with E-state index in [1.807, 2.05) is 0 Å². The van der Waals surface area contributed by atoms with Crippen LogP contribution in [0.3, 0.4) is 0 Å². The molecule has 0 bridgehead atoms. The van der Waals surface area contributed by atoms with E-state index in [9.17, 15) is 8.42 Å². The number of hydrogen-bond donors (Lipinski definition) is 0. The highest BCUT2D eigenvalue weighted by molar-refractivity contribution is 7.89. The van der Waals surface area contributed by atoms with Gasteiger partial charge < -0.3 is 0 Å². The smallest absolute Gasteiger partial charge is 0.212 e. The third-order valence-corrected chi connectivity index (χ3v) is 3.77. The molecule has 0 atom stereocenters. The van der Waals surface area contributed by atoms with Crippen LogP contribution in [0.1, 0.15) is 6.92 Å². The molecule has 0 saturated heterocycles. The van der Waals surface area contributed by atoms with E-state index in [0.717, 1.165) is 0 Å². The minimum Gasteiger partial charge on any atom is -0.212 e. The molecule has 14 heavy (non-hydrogen) atoms. The van der Waals surface area contributed by atoms with Gasteiger partial charge in [0.15, 0.2) is 0 Å². The van der Waals surface area contributed by atoms with Crippen LogP contribution in [-0.2, 0) is 10.0 Å². The summed E-state index contributed by atoms with van der Waals surface area (Å²) in [6, 6.07) is 0. The summed E-state index contributed by atoms with van der Waals surface area (Å²) >= 11 is 0. The first kappa shape index (κ1) is 13.1. The zero-order chi connectivity index (χ0) is 11.2. The van der Waals surface area contributed by atoms with Crippen molar-refractivity contribution in [1.82, 2.24) is 4.31 Å². The van der Waals surface area contributed by atoms with E-state index in [0.29, 0.717) is 12.1 Å². The number of nitrogens with zero attached hydrogens (tertiary/aromatic N) is 1. The number of allylic oxidation sites excluding steroid dienone is 3. The topological polar surface area (TPSA) is 37.4 Å². The summed E-state index contributed by atoms with van der Waals surface area (Å²) in [6.45, 7) is 9.33. The van der Waals surface area contributed by atoms with Crippen molar-refractivity contribution in [3.05, 3.63) is 37.0 Å². The predicted octanol–water partition coefficient (Wildman–Crippen LogP) is 1.57. The van der Waals surface area contributed by atoms with Gasteiger partial charge in [-0.1, -0.05) is 38.3 Å². The van der Waals surface area contributed by atoms with Crippen LogP contribution in [0.4, 0.5) is 0 Å². The van der Waals surface area contributed by atoms with E-state index in [1.54, 1.807) is 26.1 Å². The third kappa shape index (κ3) is 3.89. The molecule has 4 heteroatoms. The fourth-order valence-corrected chi connectivity index (χ4v) is 2.09. The van der Waals surface area contributed by atoms with Crippen LogP contribution in [0.2, 0.25) is 0 Å². The van der Waals surface area contributed by atoms with Gasteiger partial charge in [0, 0.05) is 13.6 Å². The molecule has 0 aromatic carbocycles. The number of sulfonamides is 1. The lowest BCUT2D eigenvalue weighted by molar-refractivity contribution is 0.489. The van der Waals surface area contributed by atoms with Crippen LogP contribution in [-0.4, -0.2) is 32.1 Å². The molecule has 0 heterocycles. The van der Waals surface area contributed by atoms with Crippen LogP contribution in [0.25, 0.3) is 0 Å². The summed E-state index contributed by atoms with van der Waals surface area (Å²) < 4.78 is 24.5. The van der Waals surface area contributed by atoms with E-state index in [2.05, 4.69) is 13.2 Å². The lowest BCUT2D eigenvalue weighted by Gasteiger charge is -2.14. The molecule has 0 aromatic rings. The minimum absolute atomic E-state index is 0.0210. The Hall–Kier alpha value is -0.870. The molecule has 0 amide bonds. The fraction of sp³-hybridized carbons (Fsp3) is 0.400. The van der Waals surface area contributed by atoms with Gasteiger partial charge in [0.05, 0.1) is 5.75 Å². The zero-order valence-corrected chi connectivity index (χ0v) is 9.55. The normalized spacial score (nSPS) is 12.9. The van der Waals surface area contributed by atoms with Crippen molar-refractivity contribution >= 4 is 10.0 Å². The highest BCUT2D eigenvalue weighted by Gasteiger charge is 2.16.